The monoisotopic (exact) mass is 342 g/mol. The number of H-pyrrole nitrogens is 1. The lowest BCUT2D eigenvalue weighted by atomic mass is 9.94. The van der Waals surface area contributed by atoms with Crippen molar-refractivity contribution in [3.63, 3.8) is 0 Å². The first kappa shape index (κ1) is 16.1. The van der Waals surface area contributed by atoms with Crippen molar-refractivity contribution < 1.29 is 4.79 Å². The number of hydrogen-bond donors (Lipinski definition) is 1. The number of nitrogens with zero attached hydrogens (tertiary/aromatic N) is 3. The molecule has 0 saturated heterocycles. The van der Waals surface area contributed by atoms with E-state index in [2.05, 4.69) is 9.97 Å². The fraction of sp³-hybridized carbons (Fsp3) is 0.556. The molecule has 0 radical (unpaired) electrons. The summed E-state index contributed by atoms with van der Waals surface area (Å²) >= 11 is 0. The number of carbonyl (C=O) groups excluding carboxylic acids is 1. The third-order valence-corrected chi connectivity index (χ3v) is 5.38. The van der Waals surface area contributed by atoms with Crippen LogP contribution >= 0.6 is 0 Å². The molecule has 1 N–H and O–H groups in total. The van der Waals surface area contributed by atoms with Crippen molar-refractivity contribution >= 4 is 16.9 Å². The van der Waals surface area contributed by atoms with Gasteiger partial charge >= 0.3 is 5.69 Å². The van der Waals surface area contributed by atoms with Crippen LogP contribution in [0.4, 0.5) is 0 Å². The normalized spacial score (nSPS) is 18.4. The number of aromatic amines is 1. The fourth-order valence-electron chi connectivity index (χ4n) is 3.76. The zero-order valence-electron chi connectivity index (χ0n) is 14.3. The average molecular weight is 342 g/mol. The van der Waals surface area contributed by atoms with Gasteiger partial charge in [-0.3, -0.25) is 19.1 Å². The van der Waals surface area contributed by atoms with Gasteiger partial charge < -0.3 is 4.90 Å². The second-order valence-electron chi connectivity index (χ2n) is 7.16. The molecular formula is C18H22N4O3. The number of hydrogen-bond acceptors (Lipinski definition) is 4. The Kier molecular flexibility index (Phi) is 3.94. The van der Waals surface area contributed by atoms with Crippen LogP contribution in [0.2, 0.25) is 0 Å². The highest BCUT2D eigenvalue weighted by Crippen LogP contribution is 2.34. The molecule has 1 amide bonds. The van der Waals surface area contributed by atoms with E-state index in [1.165, 1.54) is 17.2 Å². The topological polar surface area (TPSA) is 88.1 Å². The van der Waals surface area contributed by atoms with Gasteiger partial charge in [-0.15, -0.1) is 0 Å². The van der Waals surface area contributed by atoms with E-state index in [1.807, 2.05) is 7.05 Å². The molecule has 2 aliphatic carbocycles. The third kappa shape index (κ3) is 2.88. The number of aromatic nitrogens is 3. The van der Waals surface area contributed by atoms with E-state index in [-0.39, 0.29) is 18.0 Å². The van der Waals surface area contributed by atoms with E-state index in [1.54, 1.807) is 11.0 Å². The van der Waals surface area contributed by atoms with E-state index < -0.39 is 11.2 Å². The van der Waals surface area contributed by atoms with Crippen LogP contribution in [0.25, 0.3) is 11.0 Å². The lowest BCUT2D eigenvalue weighted by molar-refractivity contribution is 0.0696. The van der Waals surface area contributed by atoms with Crippen molar-refractivity contribution in [2.24, 2.45) is 0 Å². The Balaban J connectivity index is 1.72. The summed E-state index contributed by atoms with van der Waals surface area (Å²) in [5.74, 6) is -0.120. The molecule has 7 heteroatoms. The second-order valence-corrected chi connectivity index (χ2v) is 7.16. The van der Waals surface area contributed by atoms with Crippen molar-refractivity contribution in [3.8, 4) is 0 Å². The maximum atomic E-state index is 12.8. The summed E-state index contributed by atoms with van der Waals surface area (Å²) in [5.41, 5.74) is -0.148. The van der Waals surface area contributed by atoms with Crippen molar-refractivity contribution in [1.29, 1.82) is 0 Å². The van der Waals surface area contributed by atoms with Gasteiger partial charge in [-0.1, -0.05) is 19.3 Å². The maximum Gasteiger partial charge on any atom is 0.330 e. The number of amides is 1. The summed E-state index contributed by atoms with van der Waals surface area (Å²) in [4.78, 5) is 45.5. The molecule has 0 bridgehead atoms. The summed E-state index contributed by atoms with van der Waals surface area (Å²) in [6, 6.07) is 1.92. The van der Waals surface area contributed by atoms with Gasteiger partial charge in [0.15, 0.2) is 0 Å². The largest absolute Gasteiger partial charge is 0.339 e. The van der Waals surface area contributed by atoms with E-state index in [0.29, 0.717) is 16.6 Å². The Morgan fingerprint density at radius 2 is 1.92 bits per heavy atom. The summed E-state index contributed by atoms with van der Waals surface area (Å²) in [6.45, 7) is 0. The molecule has 0 atom stereocenters. The molecule has 2 heterocycles. The lowest BCUT2D eigenvalue weighted by Gasteiger charge is -2.31. The molecule has 7 nitrogen and oxygen atoms in total. The van der Waals surface area contributed by atoms with Crippen LogP contribution < -0.4 is 11.2 Å². The van der Waals surface area contributed by atoms with Gasteiger partial charge in [0, 0.05) is 25.3 Å². The Morgan fingerprint density at radius 1 is 1.20 bits per heavy atom. The molecule has 0 aliphatic heterocycles. The molecule has 2 aromatic rings. The fourth-order valence-corrected chi connectivity index (χ4v) is 3.76. The Morgan fingerprint density at radius 3 is 2.60 bits per heavy atom. The highest BCUT2D eigenvalue weighted by molar-refractivity contribution is 5.96. The quantitative estimate of drug-likeness (QED) is 0.921. The molecule has 2 aromatic heterocycles. The van der Waals surface area contributed by atoms with Crippen LogP contribution in [0, 0.1) is 0 Å². The molecule has 0 spiro atoms. The SMILES string of the molecule is CN(C(=O)c1cnc2c(c1)c(=O)[nH]c(=O)n2C1CC1)C1CCCCC1. The highest BCUT2D eigenvalue weighted by atomic mass is 16.2. The van der Waals surface area contributed by atoms with Crippen LogP contribution in [0.15, 0.2) is 21.9 Å². The van der Waals surface area contributed by atoms with Crippen molar-refractivity contribution in [2.75, 3.05) is 7.05 Å². The van der Waals surface area contributed by atoms with Crippen LogP contribution in [-0.4, -0.2) is 38.4 Å². The van der Waals surface area contributed by atoms with E-state index in [9.17, 15) is 14.4 Å². The molecule has 0 unspecified atom stereocenters. The van der Waals surface area contributed by atoms with E-state index >= 15 is 0 Å². The molecule has 132 valence electrons. The number of carbonyl (C=O) groups is 1. The van der Waals surface area contributed by atoms with Crippen molar-refractivity contribution in [1.82, 2.24) is 19.4 Å². The van der Waals surface area contributed by atoms with Gasteiger partial charge in [0.05, 0.1) is 10.9 Å². The van der Waals surface area contributed by atoms with Crippen molar-refractivity contribution in [3.05, 3.63) is 38.7 Å². The van der Waals surface area contributed by atoms with Gasteiger partial charge in [-0.05, 0) is 31.7 Å². The molecular weight excluding hydrogens is 320 g/mol. The zero-order chi connectivity index (χ0) is 17.6. The number of pyridine rings is 1. The summed E-state index contributed by atoms with van der Waals surface area (Å²) in [5, 5.41) is 0.300. The molecule has 0 aromatic carbocycles. The van der Waals surface area contributed by atoms with Gasteiger partial charge in [-0.25, -0.2) is 9.78 Å². The number of rotatable bonds is 3. The second kappa shape index (κ2) is 6.13. The molecule has 2 fully saturated rings. The Labute approximate surface area is 144 Å². The van der Waals surface area contributed by atoms with Gasteiger partial charge in [-0.2, -0.15) is 0 Å². The maximum absolute atomic E-state index is 12.8. The first-order chi connectivity index (χ1) is 12.1. The first-order valence-corrected chi connectivity index (χ1v) is 8.98. The summed E-state index contributed by atoms with van der Waals surface area (Å²) in [6.07, 6.45) is 8.86. The Hall–Kier alpha value is -2.44. The predicted molar refractivity (Wildman–Crippen MR) is 93.9 cm³/mol. The zero-order valence-corrected chi connectivity index (χ0v) is 14.3. The smallest absolute Gasteiger partial charge is 0.330 e. The van der Waals surface area contributed by atoms with E-state index in [4.69, 9.17) is 0 Å². The van der Waals surface area contributed by atoms with Gasteiger partial charge in [0.1, 0.15) is 5.65 Å². The van der Waals surface area contributed by atoms with E-state index in [0.717, 1.165) is 38.5 Å². The van der Waals surface area contributed by atoms with Crippen molar-refractivity contribution in [2.45, 2.75) is 57.0 Å². The van der Waals surface area contributed by atoms with Gasteiger partial charge in [0.25, 0.3) is 11.5 Å². The van der Waals surface area contributed by atoms with Crippen LogP contribution in [-0.2, 0) is 0 Å². The predicted octanol–water partition coefficient (Wildman–Crippen LogP) is 1.82. The molecule has 2 saturated carbocycles. The minimum absolute atomic E-state index is 0.103. The Bertz CT molecular complexity index is 935. The third-order valence-electron chi connectivity index (χ3n) is 5.38. The van der Waals surface area contributed by atoms with Crippen LogP contribution in [0.5, 0.6) is 0 Å². The number of nitrogens with one attached hydrogen (secondary N) is 1. The van der Waals surface area contributed by atoms with Gasteiger partial charge in [0.2, 0.25) is 0 Å². The lowest BCUT2D eigenvalue weighted by Crippen LogP contribution is -2.38. The first-order valence-electron chi connectivity index (χ1n) is 8.98. The molecule has 4 rings (SSSR count). The van der Waals surface area contributed by atoms with Crippen LogP contribution in [0.3, 0.4) is 0 Å². The number of fused-ring (bicyclic) bond motifs is 1. The minimum atomic E-state index is -0.487. The summed E-state index contributed by atoms with van der Waals surface area (Å²) in [7, 11) is 1.82. The molecule has 25 heavy (non-hydrogen) atoms. The van der Waals surface area contributed by atoms with Crippen LogP contribution in [0.1, 0.15) is 61.3 Å². The molecule has 2 aliphatic rings. The average Bonchev–Trinajstić information content (AvgIpc) is 3.46. The highest BCUT2D eigenvalue weighted by Gasteiger charge is 2.28. The standard InChI is InChI=1S/C18H22N4O3/c1-21(12-5-3-2-4-6-12)17(24)11-9-14-15(19-10-11)22(13-7-8-13)18(25)20-16(14)23/h9-10,12-13H,2-8H2,1H3,(H,20,23,25). The minimum Gasteiger partial charge on any atom is -0.339 e. The summed E-state index contributed by atoms with van der Waals surface area (Å²) < 4.78 is 1.54.